The third kappa shape index (κ3) is 6.43. The molecule has 0 saturated heterocycles. The molecule has 0 unspecified atom stereocenters. The van der Waals surface area contributed by atoms with Crippen LogP contribution in [0.5, 0.6) is 0 Å². The van der Waals surface area contributed by atoms with E-state index in [1.165, 1.54) is 6.08 Å². The Kier molecular flexibility index (Phi) is 9.96. The Morgan fingerprint density at radius 3 is 2.29 bits per heavy atom. The molecular formula is C38H40IrN3O3-. The summed E-state index contributed by atoms with van der Waals surface area (Å²) in [5, 5.41) is 15.2. The molecule has 0 bridgehead atoms. The molecular weight excluding hydrogens is 739 g/mol. The van der Waals surface area contributed by atoms with Gasteiger partial charge in [0.05, 0.1) is 11.1 Å². The van der Waals surface area contributed by atoms with Crippen LogP contribution in [-0.4, -0.2) is 25.8 Å². The van der Waals surface area contributed by atoms with Crippen LogP contribution in [0.3, 0.4) is 0 Å². The number of allylic oxidation sites excluding steroid dienone is 2. The number of aliphatic hydroxyl groups is 1. The van der Waals surface area contributed by atoms with E-state index in [9.17, 15) is 9.90 Å². The first-order chi connectivity index (χ1) is 20.9. The van der Waals surface area contributed by atoms with Gasteiger partial charge in [-0.05, 0) is 43.7 Å². The van der Waals surface area contributed by atoms with Crippen LogP contribution in [0, 0.1) is 30.7 Å². The van der Waals surface area contributed by atoms with Gasteiger partial charge in [-0.2, -0.15) is 0 Å². The Bertz CT molecular complexity index is 2060. The van der Waals surface area contributed by atoms with Crippen LogP contribution in [0.25, 0.3) is 54.9 Å². The van der Waals surface area contributed by atoms with Crippen LogP contribution in [-0.2, 0) is 24.9 Å². The molecule has 1 radical (unpaired) electrons. The number of rotatable bonds is 6. The smallest absolute Gasteiger partial charge is 0.164 e. The van der Waals surface area contributed by atoms with E-state index in [-0.39, 0.29) is 42.5 Å². The summed E-state index contributed by atoms with van der Waals surface area (Å²) < 4.78 is 6.22. The van der Waals surface area contributed by atoms with Gasteiger partial charge >= 0.3 is 0 Å². The zero-order valence-corrected chi connectivity index (χ0v) is 29.6. The molecule has 7 heteroatoms. The first kappa shape index (κ1) is 34.0. The van der Waals surface area contributed by atoms with E-state index in [1.807, 2.05) is 85.0 Å². The van der Waals surface area contributed by atoms with Gasteiger partial charge in [0.2, 0.25) is 0 Å². The van der Waals surface area contributed by atoms with E-state index in [4.69, 9.17) is 4.42 Å². The summed E-state index contributed by atoms with van der Waals surface area (Å²) in [6.07, 6.45) is 6.52. The van der Waals surface area contributed by atoms with Crippen molar-refractivity contribution in [1.29, 1.82) is 0 Å². The summed E-state index contributed by atoms with van der Waals surface area (Å²) in [5.41, 5.74) is 5.70. The Morgan fingerprint density at radius 2 is 1.58 bits per heavy atom. The van der Waals surface area contributed by atoms with Crippen molar-refractivity contribution in [2.45, 2.75) is 68.2 Å². The summed E-state index contributed by atoms with van der Waals surface area (Å²) in [6.45, 7) is 15.8. The molecule has 6 rings (SSSR count). The Hall–Kier alpha value is -3.93. The third-order valence-corrected chi connectivity index (χ3v) is 9.01. The molecule has 3 aromatic carbocycles. The first-order valence-corrected chi connectivity index (χ1v) is 15.2. The molecule has 45 heavy (non-hydrogen) atoms. The predicted molar refractivity (Wildman–Crippen MR) is 180 cm³/mol. The van der Waals surface area contributed by atoms with Crippen molar-refractivity contribution in [3.8, 4) is 11.3 Å². The number of furan rings is 1. The van der Waals surface area contributed by atoms with E-state index >= 15 is 0 Å². The van der Waals surface area contributed by atoms with Crippen LogP contribution < -0.4 is 0 Å². The first-order valence-electron chi connectivity index (χ1n) is 15.2. The van der Waals surface area contributed by atoms with Gasteiger partial charge in [-0.1, -0.05) is 82.8 Å². The number of benzene rings is 3. The molecule has 235 valence electrons. The number of pyridine rings is 1. The van der Waals surface area contributed by atoms with E-state index in [2.05, 4.69) is 46.1 Å². The standard InChI is InChI=1S/C25H16N3O.C13H24O2.Ir/c1-14-12-26-15(2)16-10-11-19-23(27-13-28-24(19)22(14)16)20-8-5-7-18-17-6-3-4-9-21(17)29-25(18)20;1-7-12(3,4)10(14)9-11(15)13(5,6)8-2;/h3-7,9-13H,1-2H3;9,14H,7-8H2,1-6H3;/q-1;;/b;10-9-;. The second-order valence-electron chi connectivity index (χ2n) is 12.7. The van der Waals surface area contributed by atoms with Crippen molar-refractivity contribution in [3.05, 3.63) is 90.2 Å². The molecule has 3 aromatic heterocycles. The largest absolute Gasteiger partial charge is 0.512 e. The molecule has 0 aliphatic carbocycles. The molecule has 3 heterocycles. The number of aliphatic hydroxyl groups excluding tert-OH is 1. The van der Waals surface area contributed by atoms with Crippen LogP contribution in [0.15, 0.2) is 77.3 Å². The van der Waals surface area contributed by atoms with E-state index in [0.29, 0.717) is 0 Å². The van der Waals surface area contributed by atoms with Crippen molar-refractivity contribution in [2.75, 3.05) is 0 Å². The van der Waals surface area contributed by atoms with Gasteiger partial charge in [-0.15, -0.1) is 18.2 Å². The summed E-state index contributed by atoms with van der Waals surface area (Å²) in [4.78, 5) is 25.6. The minimum absolute atomic E-state index is 0. The molecule has 0 saturated carbocycles. The normalized spacial score (nSPS) is 12.3. The quantitative estimate of drug-likeness (QED) is 0.0784. The van der Waals surface area contributed by atoms with Crippen molar-refractivity contribution in [3.63, 3.8) is 0 Å². The molecule has 0 fully saturated rings. The van der Waals surface area contributed by atoms with Crippen molar-refractivity contribution < 1.29 is 34.4 Å². The molecule has 6 nitrogen and oxygen atoms in total. The van der Waals surface area contributed by atoms with E-state index < -0.39 is 0 Å². The van der Waals surface area contributed by atoms with Crippen LogP contribution in [0.1, 0.15) is 65.6 Å². The summed E-state index contributed by atoms with van der Waals surface area (Å²) in [6, 6.07) is 19.6. The number of nitrogens with zero attached hydrogens (tertiary/aromatic N) is 3. The number of para-hydroxylation sites is 1. The van der Waals surface area contributed by atoms with Crippen molar-refractivity contribution >= 4 is 49.4 Å². The number of hydrogen-bond acceptors (Lipinski definition) is 6. The molecule has 0 spiro atoms. The molecule has 0 aliphatic rings. The molecule has 6 aromatic rings. The van der Waals surface area contributed by atoms with Crippen molar-refractivity contribution in [1.82, 2.24) is 15.0 Å². The second kappa shape index (κ2) is 13.2. The van der Waals surface area contributed by atoms with Crippen LogP contribution in [0.4, 0.5) is 0 Å². The Balaban J connectivity index is 0.000000249. The Labute approximate surface area is 278 Å². The minimum atomic E-state index is -0.377. The van der Waals surface area contributed by atoms with Gasteiger partial charge in [0.25, 0.3) is 0 Å². The van der Waals surface area contributed by atoms with E-state index in [0.717, 1.165) is 79.0 Å². The second-order valence-corrected chi connectivity index (χ2v) is 12.7. The number of carbonyl (C=O) groups excluding carboxylic acids is 1. The number of hydrogen-bond donors (Lipinski definition) is 1. The average molecular weight is 779 g/mol. The Morgan fingerprint density at radius 1 is 0.889 bits per heavy atom. The van der Waals surface area contributed by atoms with Gasteiger partial charge < -0.3 is 9.52 Å². The zero-order valence-electron chi connectivity index (χ0n) is 27.2. The average Bonchev–Trinajstić information content (AvgIpc) is 3.41. The van der Waals surface area contributed by atoms with Gasteiger partial charge in [0, 0.05) is 70.8 Å². The third-order valence-electron chi connectivity index (χ3n) is 9.01. The molecule has 0 aliphatic heterocycles. The zero-order chi connectivity index (χ0) is 31.8. The number of aromatic nitrogens is 3. The number of ketones is 1. The van der Waals surface area contributed by atoms with Gasteiger partial charge in [-0.3, -0.25) is 14.8 Å². The van der Waals surface area contributed by atoms with Crippen molar-refractivity contribution in [2.24, 2.45) is 10.8 Å². The summed E-state index contributed by atoms with van der Waals surface area (Å²) in [5.74, 6) is 0.195. The molecule has 0 atom stereocenters. The van der Waals surface area contributed by atoms with Gasteiger partial charge in [0.15, 0.2) is 5.78 Å². The maximum absolute atomic E-state index is 11.8. The number of fused-ring (bicyclic) bond motifs is 6. The maximum atomic E-state index is 11.8. The maximum Gasteiger partial charge on any atom is 0.164 e. The molecule has 0 amide bonds. The van der Waals surface area contributed by atoms with Gasteiger partial charge in [0.1, 0.15) is 17.7 Å². The SMILES string of the molecule is CCC(C)(C)C(=O)/C=C(\O)C(C)(C)CC.Cc1ncc(C)c2c1ccc1c(-c3[c-]ccc4c3oc3ccccc34)ncnc12.[Ir]. The fourth-order valence-corrected chi connectivity index (χ4v) is 5.09. The van der Waals surface area contributed by atoms with Crippen LogP contribution >= 0.6 is 0 Å². The fourth-order valence-electron chi connectivity index (χ4n) is 5.09. The number of carbonyl (C=O) groups is 1. The van der Waals surface area contributed by atoms with Gasteiger partial charge in [-0.25, -0.2) is 4.98 Å². The minimum Gasteiger partial charge on any atom is -0.512 e. The predicted octanol–water partition coefficient (Wildman–Crippen LogP) is 10.0. The summed E-state index contributed by atoms with van der Waals surface area (Å²) >= 11 is 0. The molecule has 1 N–H and O–H groups in total. The van der Waals surface area contributed by atoms with Crippen LogP contribution in [0.2, 0.25) is 0 Å². The van der Waals surface area contributed by atoms with E-state index in [1.54, 1.807) is 6.33 Å². The number of aryl methyl sites for hydroxylation is 2. The summed E-state index contributed by atoms with van der Waals surface area (Å²) in [7, 11) is 0. The fraction of sp³-hybridized carbons (Fsp3) is 0.316. The topological polar surface area (TPSA) is 89.1 Å². The monoisotopic (exact) mass is 779 g/mol.